The topological polar surface area (TPSA) is 61.2 Å². The minimum absolute atomic E-state index is 0.322. The fourth-order valence-electron chi connectivity index (χ4n) is 0.428. The van der Waals surface area contributed by atoms with Crippen molar-refractivity contribution in [1.82, 2.24) is 0 Å². The molecule has 1 aromatic rings. The molecule has 3 nitrogen and oxygen atoms in total. The van der Waals surface area contributed by atoms with E-state index in [1.165, 1.54) is 0 Å². The first kappa shape index (κ1) is 15.7. The average Bonchev–Trinajstić information content (AvgIpc) is 2.05. The number of phenols is 1. The van der Waals surface area contributed by atoms with Gasteiger partial charge in [0.25, 0.3) is 0 Å². The Morgan fingerprint density at radius 1 is 1.21 bits per heavy atom. The first-order chi connectivity index (χ1) is 6.54. The molecular weight excluding hydrogens is 248 g/mol. The van der Waals surface area contributed by atoms with Crippen LogP contribution >= 0.6 is 34.8 Å². The van der Waals surface area contributed by atoms with Gasteiger partial charge in [-0.25, -0.2) is 10.2 Å². The van der Waals surface area contributed by atoms with Gasteiger partial charge in [-0.3, -0.25) is 0 Å². The maximum Gasteiger partial charge on any atom is 0.231 e. The molecule has 0 radical (unpaired) electrons. The molecule has 6 heteroatoms. The van der Waals surface area contributed by atoms with E-state index in [0.29, 0.717) is 5.75 Å². The van der Waals surface area contributed by atoms with Crippen LogP contribution in [-0.2, 0) is 4.79 Å². The summed E-state index contributed by atoms with van der Waals surface area (Å²) in [7, 11) is 0. The molecule has 0 saturated heterocycles. The van der Waals surface area contributed by atoms with Crippen LogP contribution in [0.3, 0.4) is 0 Å². The summed E-state index contributed by atoms with van der Waals surface area (Å²) in [6.45, 7) is 0. The molecule has 0 aliphatic heterocycles. The molecule has 0 aromatic heterocycles. The van der Waals surface area contributed by atoms with Gasteiger partial charge in [0.2, 0.25) is 6.08 Å². The van der Waals surface area contributed by atoms with Crippen molar-refractivity contribution in [2.75, 3.05) is 0 Å². The lowest BCUT2D eigenvalue weighted by molar-refractivity contribution is 0.475. The zero-order chi connectivity index (χ0) is 11.4. The van der Waals surface area contributed by atoms with Gasteiger partial charge >= 0.3 is 0 Å². The molecule has 0 spiro atoms. The SMILES string of the molecule is ClC(Cl)Cl.N=C=O.Oc1ccccc1. The Labute approximate surface area is 96.7 Å². The molecule has 0 fully saturated rings. The molecule has 1 aromatic carbocycles. The van der Waals surface area contributed by atoms with Gasteiger partial charge in [-0.2, -0.15) is 0 Å². The highest BCUT2D eigenvalue weighted by Gasteiger charge is 1.79. The van der Waals surface area contributed by atoms with Crippen molar-refractivity contribution in [1.29, 1.82) is 5.41 Å². The van der Waals surface area contributed by atoms with Crippen molar-refractivity contribution in [3.05, 3.63) is 30.3 Å². The van der Waals surface area contributed by atoms with E-state index in [2.05, 4.69) is 0 Å². The van der Waals surface area contributed by atoms with Crippen LogP contribution in [0.5, 0.6) is 5.75 Å². The number of alkyl halides is 3. The van der Waals surface area contributed by atoms with Crippen LogP contribution in [0.25, 0.3) is 0 Å². The van der Waals surface area contributed by atoms with E-state index in [-0.39, 0.29) is 0 Å². The zero-order valence-electron chi connectivity index (χ0n) is 6.95. The summed E-state index contributed by atoms with van der Waals surface area (Å²) in [5.74, 6) is 0.322. The Hall–Kier alpha value is -0.730. The molecule has 0 atom stereocenters. The predicted octanol–water partition coefficient (Wildman–Crippen LogP) is 3.28. The van der Waals surface area contributed by atoms with Gasteiger partial charge in [0, 0.05) is 0 Å². The summed E-state index contributed by atoms with van der Waals surface area (Å²) in [5.41, 5.74) is 0. The van der Waals surface area contributed by atoms with Crippen LogP contribution in [0.4, 0.5) is 0 Å². The molecule has 78 valence electrons. The largest absolute Gasteiger partial charge is 0.508 e. The van der Waals surface area contributed by atoms with E-state index < -0.39 is 4.30 Å². The molecule has 0 amide bonds. The van der Waals surface area contributed by atoms with E-state index in [1.807, 2.05) is 6.07 Å². The Balaban J connectivity index is 0. The number of rotatable bonds is 0. The van der Waals surface area contributed by atoms with Crippen LogP contribution in [0.15, 0.2) is 30.3 Å². The number of nitrogens with one attached hydrogen (secondary N) is 1. The van der Waals surface area contributed by atoms with Gasteiger partial charge < -0.3 is 5.11 Å². The number of aromatic hydroxyl groups is 1. The van der Waals surface area contributed by atoms with Crippen LogP contribution in [0.2, 0.25) is 0 Å². The lowest BCUT2D eigenvalue weighted by Gasteiger charge is -1.82. The predicted molar refractivity (Wildman–Crippen MR) is 57.9 cm³/mol. The van der Waals surface area contributed by atoms with Crippen LogP contribution in [0.1, 0.15) is 0 Å². The van der Waals surface area contributed by atoms with Crippen molar-refractivity contribution in [3.63, 3.8) is 0 Å². The number of hydrogen-bond donors (Lipinski definition) is 2. The number of para-hydroxylation sites is 1. The zero-order valence-corrected chi connectivity index (χ0v) is 9.22. The van der Waals surface area contributed by atoms with Crippen molar-refractivity contribution < 1.29 is 9.90 Å². The summed E-state index contributed by atoms with van der Waals surface area (Å²) in [5, 5.41) is 14.0. The highest BCUT2D eigenvalue weighted by Crippen LogP contribution is 2.03. The third-order valence-corrected chi connectivity index (χ3v) is 0.756. The lowest BCUT2D eigenvalue weighted by Crippen LogP contribution is -1.56. The van der Waals surface area contributed by atoms with Gasteiger partial charge in [-0.1, -0.05) is 53.0 Å². The summed E-state index contributed by atoms with van der Waals surface area (Å²) < 4.78 is -0.750. The Morgan fingerprint density at radius 2 is 1.50 bits per heavy atom. The Bertz CT molecular complexity index is 245. The van der Waals surface area contributed by atoms with Gasteiger partial charge in [-0.15, -0.1) is 0 Å². The molecule has 2 N–H and O–H groups in total. The second-order valence-corrected chi connectivity index (χ2v) is 3.66. The Morgan fingerprint density at radius 3 is 1.64 bits per heavy atom. The van der Waals surface area contributed by atoms with Crippen molar-refractivity contribution in [2.24, 2.45) is 0 Å². The smallest absolute Gasteiger partial charge is 0.231 e. The van der Waals surface area contributed by atoms with Gasteiger partial charge in [0.15, 0.2) is 4.30 Å². The second-order valence-electron chi connectivity index (χ2n) is 1.69. The standard InChI is InChI=1S/C6H6O.CHCl3.CHNO/c7-6-4-2-1-3-5-6;2-1(3)4;2-1-3/h1-5,7H;1H;2H. The molecule has 0 aliphatic rings. The van der Waals surface area contributed by atoms with Crippen molar-refractivity contribution in [3.8, 4) is 5.75 Å². The normalized spacial score (nSPS) is 7.43. The average molecular weight is 257 g/mol. The third-order valence-electron chi connectivity index (χ3n) is 0.756. The monoisotopic (exact) mass is 255 g/mol. The number of hydrogen-bond acceptors (Lipinski definition) is 3. The van der Waals surface area contributed by atoms with E-state index in [1.54, 1.807) is 24.3 Å². The minimum atomic E-state index is -0.750. The summed E-state index contributed by atoms with van der Waals surface area (Å²) in [4.78, 5) is 8.35. The van der Waals surface area contributed by atoms with Gasteiger partial charge in [0.05, 0.1) is 0 Å². The van der Waals surface area contributed by atoms with Crippen LogP contribution < -0.4 is 0 Å². The van der Waals surface area contributed by atoms with Gasteiger partial charge in [-0.05, 0) is 12.1 Å². The van der Waals surface area contributed by atoms with Crippen molar-refractivity contribution >= 4 is 40.9 Å². The fraction of sp³-hybridized carbons (Fsp3) is 0.125. The number of carbonyl (C=O) groups excluding carboxylic acids is 1. The van der Waals surface area contributed by atoms with Gasteiger partial charge in [0.1, 0.15) is 5.75 Å². The number of halogens is 3. The molecule has 0 heterocycles. The highest BCUT2D eigenvalue weighted by atomic mass is 35.6. The quantitative estimate of drug-likeness (QED) is 0.425. The molecular formula is C8H8Cl3NO2. The van der Waals surface area contributed by atoms with Crippen LogP contribution in [0, 0.1) is 5.41 Å². The molecule has 0 unspecified atom stereocenters. The number of phenolic OH excluding ortho intramolecular Hbond substituents is 1. The number of benzene rings is 1. The number of isocyanates is 1. The molecule has 0 saturated carbocycles. The minimum Gasteiger partial charge on any atom is -0.508 e. The third kappa shape index (κ3) is 22.5. The first-order valence-electron chi connectivity index (χ1n) is 3.24. The lowest BCUT2D eigenvalue weighted by atomic mass is 10.3. The van der Waals surface area contributed by atoms with E-state index in [0.717, 1.165) is 6.08 Å². The van der Waals surface area contributed by atoms with E-state index in [9.17, 15) is 0 Å². The second kappa shape index (κ2) is 12.3. The Kier molecular flexibility index (Phi) is 13.8. The maximum atomic E-state index is 8.63. The van der Waals surface area contributed by atoms with E-state index >= 15 is 0 Å². The van der Waals surface area contributed by atoms with Crippen molar-refractivity contribution in [2.45, 2.75) is 4.30 Å². The summed E-state index contributed by atoms with van der Waals surface area (Å²) in [6, 6.07) is 8.71. The summed E-state index contributed by atoms with van der Waals surface area (Å²) in [6.07, 6.45) is 0.750. The fourth-order valence-corrected chi connectivity index (χ4v) is 0.428. The molecule has 14 heavy (non-hydrogen) atoms. The highest BCUT2D eigenvalue weighted by molar-refractivity contribution is 6.63. The first-order valence-corrected chi connectivity index (χ1v) is 4.55. The summed E-state index contributed by atoms with van der Waals surface area (Å²) >= 11 is 14.4. The van der Waals surface area contributed by atoms with Crippen LogP contribution in [-0.4, -0.2) is 15.5 Å². The molecule has 0 aliphatic carbocycles. The molecule has 0 bridgehead atoms. The van der Waals surface area contributed by atoms with E-state index in [4.69, 9.17) is 50.1 Å². The maximum absolute atomic E-state index is 8.63. The molecule has 1 rings (SSSR count).